The van der Waals surface area contributed by atoms with Crippen molar-refractivity contribution < 1.29 is 123 Å². The topological polar surface area (TPSA) is 204 Å². The lowest BCUT2D eigenvalue weighted by atomic mass is 9.72. The minimum atomic E-state index is -1.67. The van der Waals surface area contributed by atoms with Gasteiger partial charge >= 0.3 is 41.8 Å². The minimum Gasteiger partial charge on any atom is -0.469 e. The van der Waals surface area contributed by atoms with Crippen molar-refractivity contribution in [1.29, 1.82) is 0 Å². The van der Waals surface area contributed by atoms with Crippen LogP contribution in [-0.4, -0.2) is 103 Å². The molecule has 3 atom stereocenters. The number of carbonyl (C=O) groups excluding carboxylic acids is 7. The van der Waals surface area contributed by atoms with Crippen LogP contribution in [0.25, 0.3) is 0 Å². The molecule has 0 amide bonds. The number of terminal acetylenes is 2. The van der Waals surface area contributed by atoms with Gasteiger partial charge in [0.05, 0.1) is 46.4 Å². The predicted molar refractivity (Wildman–Crippen MR) is 530 cm³/mol. The monoisotopic (exact) mass is 1600 g/mol. The van der Waals surface area contributed by atoms with Gasteiger partial charge in [-0.1, -0.05) is 133 Å². The standard InChI is InChI=1S/C41H34O6S.C39H36O9S.12CH4.36H2/c1-7-9-10-11-12-13-14-15-16-17-18-19-20-21-22-26-29-46-39(44)41(5,6)34-48-33-37(42)45-30-31-47-38(43)40(3,4)32-35(8-2)36-27-24-23-25-28-36;1-9-11-12-13-14-15-16-17-18-19-20-21-22-23-24-25-27-46-35(43)38(5,6)31-49-28-26-32(40)48-33(41)29-47-34(42)37(3,4)30-39(7,10-2)36(44)45-8;;;;;;;;;;;;;;;;;;;;;;;;;;;;;;;;;;;;;;;;;;;;;;;;/h1,23-25,27-28,35H,8,30-34H2,2-6H3;1,33,41H,10,26,28-31H2,2-8H3;12*1H4;36*1H. The Labute approximate surface area is 723 Å². The third kappa shape index (κ3) is 62.2. The van der Waals surface area contributed by atoms with Crippen LogP contribution in [0.3, 0.4) is 0 Å². The van der Waals surface area contributed by atoms with Gasteiger partial charge in [0.15, 0.2) is 6.61 Å². The van der Waals surface area contributed by atoms with Crippen molar-refractivity contribution in [2.75, 3.05) is 49.9 Å². The summed E-state index contributed by atoms with van der Waals surface area (Å²) in [4.78, 5) is 86.5. The van der Waals surface area contributed by atoms with Crippen LogP contribution in [-0.2, 0) is 66.7 Å². The summed E-state index contributed by atoms with van der Waals surface area (Å²) in [5, 5.41) is 10.0. The second-order valence-corrected chi connectivity index (χ2v) is 24.1. The first-order chi connectivity index (χ1) is 46.2. The van der Waals surface area contributed by atoms with Crippen molar-refractivity contribution in [3.8, 4) is 215 Å². The number of hydrogen-bond donors (Lipinski definition) is 1. The summed E-state index contributed by atoms with van der Waals surface area (Å²) in [5.41, 5.74) is -3.32. The maximum absolute atomic E-state index is 12.7. The number of esters is 7. The molecule has 0 saturated heterocycles. The molecule has 3 unspecified atom stereocenters. The van der Waals surface area contributed by atoms with E-state index in [2.05, 4.69) is 221 Å². The maximum Gasteiger partial charge on any atom is 0.326 e. The summed E-state index contributed by atoms with van der Waals surface area (Å²) in [7, 11) is 1.28. The SMILES string of the molecule is C.C.C.C.C.C.C.C.C.C.C.C.C#CC#CC#CC#CC#CC#CC#CC#CC#COC(=O)C(C)(C)CSCC(=O)OCCOC(=O)C(C)(C)CC(CC)c1ccccc1.C#CC#CC#CC#CC#CC#CC#CC#CC#COC(=O)C(C)(C)CSCCC(=O)OC(O)COC(=O)C(C)(C)CC(C)(CC)C(=O)OC.[HH].[HH].[HH].[HH].[HH].[HH].[HH].[HH].[HH].[HH].[HH].[HH].[HH].[HH].[HH].[HH].[HH].[HH].[HH].[HH].[HH].[HH].[HH].[HH].[HH].[HH].[HH].[HH].[HH].[HH].[HH].[HH].[HH].[HH].[HH].[HH]. The van der Waals surface area contributed by atoms with E-state index in [0.717, 1.165) is 6.42 Å². The Morgan fingerprint density at radius 1 is 0.440 bits per heavy atom. The Morgan fingerprint density at radius 2 is 0.789 bits per heavy atom. The number of aliphatic hydroxyl groups excluding tert-OH is 1. The molecule has 1 aromatic rings. The normalized spacial score (nSPS) is 9.13. The van der Waals surface area contributed by atoms with Gasteiger partial charge in [-0.2, -0.15) is 11.8 Å². The molecule has 1 rings (SSSR count). The first-order valence-electron chi connectivity index (χ1n) is 29.2. The van der Waals surface area contributed by atoms with Crippen molar-refractivity contribution in [2.24, 2.45) is 27.1 Å². The van der Waals surface area contributed by atoms with Gasteiger partial charge in [0.25, 0.3) is 0 Å². The van der Waals surface area contributed by atoms with E-state index >= 15 is 0 Å². The number of rotatable bonds is 27. The third-order valence-corrected chi connectivity index (χ3v) is 14.9. The molecule has 17 heteroatoms. The van der Waals surface area contributed by atoms with Crippen molar-refractivity contribution in [3.63, 3.8) is 0 Å². The number of carbonyl (C=O) groups is 7. The molecule has 1 aromatic carbocycles. The molecule has 1 N–H and O–H groups in total. The van der Waals surface area contributed by atoms with E-state index in [0.29, 0.717) is 18.6 Å². The molecule has 0 aliphatic carbocycles. The van der Waals surface area contributed by atoms with Crippen molar-refractivity contribution in [3.05, 3.63) is 35.9 Å². The molecule has 0 radical (unpaired) electrons. The molecule has 0 spiro atoms. The molecular formula is C92H190O15S2. The predicted octanol–water partition coefficient (Wildman–Crippen LogP) is 23.8. The highest BCUT2D eigenvalue weighted by Crippen LogP contribution is 2.39. The number of aliphatic hydroxyl groups is 1. The fraction of sp³-hybridized carbons (Fsp3) is 0.467. The zero-order valence-corrected chi connectivity index (χ0v) is 57.8. The van der Waals surface area contributed by atoms with Gasteiger partial charge in [-0.15, -0.1) is 24.6 Å². The average molecular weight is 1600 g/mol. The maximum atomic E-state index is 12.7. The van der Waals surface area contributed by atoms with Crippen LogP contribution in [0, 0.1) is 242 Å². The smallest absolute Gasteiger partial charge is 0.326 e. The molecule has 0 heterocycles. The number of thioether (sulfide) groups is 2. The van der Waals surface area contributed by atoms with Crippen LogP contribution in [0.1, 0.15) is 260 Å². The summed E-state index contributed by atoms with van der Waals surface area (Å²) in [6.07, 6.45) is 14.7. The first kappa shape index (κ1) is 127. The molecule has 0 saturated carbocycles. The van der Waals surface area contributed by atoms with Gasteiger partial charge in [-0.25, -0.2) is 0 Å². The van der Waals surface area contributed by atoms with Gasteiger partial charge < -0.3 is 38.3 Å². The van der Waals surface area contributed by atoms with Crippen LogP contribution in [0.15, 0.2) is 30.3 Å². The highest BCUT2D eigenvalue weighted by atomic mass is 32.2. The summed E-state index contributed by atoms with van der Waals surface area (Å²) >= 11 is 2.51. The number of benzene rings is 1. The molecule has 0 bridgehead atoms. The molecule has 0 aliphatic heterocycles. The van der Waals surface area contributed by atoms with E-state index in [4.69, 9.17) is 46.0 Å². The second kappa shape index (κ2) is 74.5. The molecule has 660 valence electrons. The van der Waals surface area contributed by atoms with Gasteiger partial charge in [-0.3, -0.25) is 33.6 Å². The van der Waals surface area contributed by atoms with Gasteiger partial charge in [0.1, 0.15) is 25.4 Å². The number of methoxy groups -OCH3 is 1. The van der Waals surface area contributed by atoms with E-state index in [-0.39, 0.29) is 196 Å². The Bertz CT molecular complexity index is 4310. The van der Waals surface area contributed by atoms with Gasteiger partial charge in [-0.05, 0) is 194 Å². The Balaban J connectivity index is -0.0000000203. The summed E-state index contributed by atoms with van der Waals surface area (Å²) in [6.45, 7) is 18.6. The Morgan fingerprint density at radius 3 is 1.15 bits per heavy atom. The summed E-state index contributed by atoms with van der Waals surface area (Å²) < 4.78 is 35.4. The zero-order chi connectivity index (χ0) is 72.7. The fourth-order valence-corrected chi connectivity index (χ4v) is 9.08. The Kier molecular flexibility index (Phi) is 86.8. The number of hydrogen-bond acceptors (Lipinski definition) is 17. The first-order valence-corrected chi connectivity index (χ1v) is 31.5. The van der Waals surface area contributed by atoms with Gasteiger partial charge in [0, 0.05) is 163 Å². The second-order valence-electron chi connectivity index (χ2n) is 22.1. The molecule has 109 heavy (non-hydrogen) atoms. The van der Waals surface area contributed by atoms with Gasteiger partial charge in [0.2, 0.25) is 6.29 Å². The lowest BCUT2D eigenvalue weighted by molar-refractivity contribution is -0.186. The quantitative estimate of drug-likeness (QED) is 0.0286. The van der Waals surface area contributed by atoms with E-state index < -0.39 is 75.8 Å². The zero-order valence-electron chi connectivity index (χ0n) is 56.2. The summed E-state index contributed by atoms with van der Waals surface area (Å²) in [5.74, 6) is 74.6. The Hall–Kier alpha value is -11.8. The highest BCUT2D eigenvalue weighted by Gasteiger charge is 2.43. The molecule has 0 aromatic heterocycles. The average Bonchev–Trinajstić information content (AvgIpc) is 0.817. The molecular weight excluding hydrogens is 1410 g/mol. The molecule has 0 aliphatic rings. The number of ether oxygens (including phenoxy) is 7. The van der Waals surface area contributed by atoms with Crippen LogP contribution < -0.4 is 0 Å². The van der Waals surface area contributed by atoms with Crippen LogP contribution in [0.2, 0.25) is 0 Å². The van der Waals surface area contributed by atoms with E-state index in [1.807, 2.05) is 39.0 Å². The highest BCUT2D eigenvalue weighted by molar-refractivity contribution is 8.00. The molecule has 0 fully saturated rings. The third-order valence-electron chi connectivity index (χ3n) is 12.1. The van der Waals surface area contributed by atoms with E-state index in [1.54, 1.807) is 48.5 Å². The fourth-order valence-electron chi connectivity index (χ4n) is 7.02. The van der Waals surface area contributed by atoms with Crippen molar-refractivity contribution in [2.45, 2.75) is 210 Å². The largest absolute Gasteiger partial charge is 0.469 e. The van der Waals surface area contributed by atoms with E-state index in [9.17, 15) is 38.7 Å². The van der Waals surface area contributed by atoms with Crippen LogP contribution in [0.5, 0.6) is 0 Å². The molecule has 15 nitrogen and oxygen atoms in total. The summed E-state index contributed by atoms with van der Waals surface area (Å²) in [6, 6.07) is 10.1. The lowest BCUT2D eigenvalue weighted by Gasteiger charge is -2.33. The van der Waals surface area contributed by atoms with Crippen LogP contribution in [0.4, 0.5) is 0 Å². The van der Waals surface area contributed by atoms with Crippen molar-refractivity contribution >= 4 is 65.3 Å². The van der Waals surface area contributed by atoms with Crippen LogP contribution >= 0.6 is 23.5 Å². The van der Waals surface area contributed by atoms with E-state index in [1.165, 1.54) is 36.2 Å². The minimum absolute atomic E-state index is 0. The van der Waals surface area contributed by atoms with Crippen molar-refractivity contribution in [1.82, 2.24) is 0 Å². The lowest BCUT2D eigenvalue weighted by Crippen LogP contribution is -2.39.